The molecule has 4 unspecified atom stereocenters. The van der Waals surface area contributed by atoms with E-state index in [0.29, 0.717) is 23.5 Å². The second-order valence-corrected chi connectivity index (χ2v) is 19.2. The van der Waals surface area contributed by atoms with Gasteiger partial charge in [0.25, 0.3) is 0 Å². The summed E-state index contributed by atoms with van der Waals surface area (Å²) in [5.41, 5.74) is 4.43. The smallest absolute Gasteiger partial charge is 0.159 e. The Labute approximate surface area is 280 Å². The Morgan fingerprint density at radius 3 is 2.35 bits per heavy atom. The van der Waals surface area contributed by atoms with Crippen molar-refractivity contribution in [1.29, 1.82) is 0 Å². The number of likely N-dealkylation sites (tertiary alicyclic amines) is 1. The van der Waals surface area contributed by atoms with Crippen molar-refractivity contribution in [3.63, 3.8) is 0 Å². The zero-order valence-corrected chi connectivity index (χ0v) is 30.6. The number of piperidine rings is 1. The molecule has 0 spiro atoms. The third-order valence-corrected chi connectivity index (χ3v) is 16.3. The second-order valence-electron chi connectivity index (χ2n) is 19.2. The zero-order chi connectivity index (χ0) is 32.9. The Morgan fingerprint density at radius 1 is 0.913 bits per heavy atom. The first kappa shape index (κ1) is 32.8. The fourth-order valence-electron chi connectivity index (χ4n) is 13.3. The molecule has 254 valence electrons. The maximum atomic E-state index is 14.6. The molecule has 4 heteroatoms. The van der Waals surface area contributed by atoms with Crippen LogP contribution < -0.4 is 0 Å². The average molecular weight is 630 g/mol. The molecule has 4 nitrogen and oxygen atoms in total. The van der Waals surface area contributed by atoms with Gasteiger partial charge in [-0.15, -0.1) is 0 Å². The molecule has 7 aliphatic rings. The van der Waals surface area contributed by atoms with E-state index in [-0.39, 0.29) is 38.3 Å². The lowest BCUT2D eigenvalue weighted by Gasteiger charge is -2.71. The Bertz CT molecular complexity index is 1390. The third kappa shape index (κ3) is 4.68. The van der Waals surface area contributed by atoms with Gasteiger partial charge in [-0.3, -0.25) is 9.59 Å². The lowest BCUT2D eigenvalue weighted by atomic mass is 9.33. The Kier molecular flexibility index (Phi) is 7.79. The van der Waals surface area contributed by atoms with Gasteiger partial charge in [-0.2, -0.15) is 0 Å². The van der Waals surface area contributed by atoms with Crippen LogP contribution >= 0.6 is 0 Å². The first-order valence-corrected chi connectivity index (χ1v) is 19.1. The molecule has 0 radical (unpaired) electrons. The van der Waals surface area contributed by atoms with E-state index in [0.717, 1.165) is 69.2 Å². The highest BCUT2D eigenvalue weighted by Gasteiger charge is 2.69. The van der Waals surface area contributed by atoms with E-state index in [1.807, 2.05) is 0 Å². The number of allylic oxidation sites excluding steroid dienone is 5. The predicted molar refractivity (Wildman–Crippen MR) is 186 cm³/mol. The van der Waals surface area contributed by atoms with Gasteiger partial charge >= 0.3 is 0 Å². The molecule has 1 saturated heterocycles. The van der Waals surface area contributed by atoms with Crippen molar-refractivity contribution in [1.82, 2.24) is 4.90 Å². The highest BCUT2D eigenvalue weighted by atomic mass is 16.5. The van der Waals surface area contributed by atoms with Gasteiger partial charge in [-0.1, -0.05) is 66.5 Å². The molecule has 0 aromatic carbocycles. The number of fused-ring (bicyclic) bond motifs is 7. The van der Waals surface area contributed by atoms with Crippen molar-refractivity contribution in [2.75, 3.05) is 19.6 Å². The fourth-order valence-corrected chi connectivity index (χ4v) is 13.3. The van der Waals surface area contributed by atoms with Gasteiger partial charge in [-0.05, 0) is 135 Å². The van der Waals surface area contributed by atoms with Crippen LogP contribution in [0, 0.1) is 50.2 Å². The molecular formula is C42H63NO3. The van der Waals surface area contributed by atoms with Gasteiger partial charge in [0, 0.05) is 36.8 Å². The number of rotatable bonds is 5. The van der Waals surface area contributed by atoms with Crippen LogP contribution in [-0.4, -0.2) is 36.1 Å². The molecule has 2 aliphatic heterocycles. The van der Waals surface area contributed by atoms with Crippen LogP contribution in [0.5, 0.6) is 0 Å². The highest BCUT2D eigenvalue weighted by molar-refractivity contribution is 5.93. The van der Waals surface area contributed by atoms with Crippen LogP contribution in [0.2, 0.25) is 0 Å². The minimum atomic E-state index is -0.163. The highest BCUT2D eigenvalue weighted by Crippen LogP contribution is 2.76. The van der Waals surface area contributed by atoms with E-state index in [9.17, 15) is 9.59 Å². The number of hydrogen-bond donors (Lipinski definition) is 0. The monoisotopic (exact) mass is 629 g/mol. The van der Waals surface area contributed by atoms with Crippen molar-refractivity contribution in [3.05, 3.63) is 34.8 Å². The molecule has 0 N–H and O–H groups in total. The first-order valence-electron chi connectivity index (χ1n) is 19.1. The molecule has 0 aromatic heterocycles. The minimum Gasteiger partial charge on any atom is -0.469 e. The average Bonchev–Trinajstić information content (AvgIpc) is 3.00. The summed E-state index contributed by atoms with van der Waals surface area (Å²) in [5, 5.41) is 0. The summed E-state index contributed by atoms with van der Waals surface area (Å²) in [4.78, 5) is 29.5. The van der Waals surface area contributed by atoms with Gasteiger partial charge in [0.15, 0.2) is 5.78 Å². The summed E-state index contributed by atoms with van der Waals surface area (Å²) in [7, 11) is 0. The van der Waals surface area contributed by atoms with Crippen LogP contribution in [-0.2, 0) is 14.3 Å². The number of ether oxygens (including phenoxy) is 1. The van der Waals surface area contributed by atoms with Crippen LogP contribution in [0.4, 0.5) is 0 Å². The van der Waals surface area contributed by atoms with Crippen LogP contribution in [0.15, 0.2) is 34.8 Å². The molecule has 0 aromatic rings. The summed E-state index contributed by atoms with van der Waals surface area (Å²) in [6.07, 6.45) is 20.1. The molecule has 0 amide bonds. The van der Waals surface area contributed by atoms with Gasteiger partial charge in [0.1, 0.15) is 11.5 Å². The van der Waals surface area contributed by atoms with E-state index < -0.39 is 0 Å². The maximum Gasteiger partial charge on any atom is 0.159 e. The third-order valence-electron chi connectivity index (χ3n) is 16.3. The topological polar surface area (TPSA) is 46.6 Å². The lowest BCUT2D eigenvalue weighted by Crippen LogP contribution is -2.64. The number of carbonyl (C=O) groups excluding carboxylic acids is 2. The first-order chi connectivity index (χ1) is 21.6. The number of nitrogens with zero attached hydrogens (tertiary/aromatic N) is 1. The van der Waals surface area contributed by atoms with E-state index in [1.54, 1.807) is 18.8 Å². The summed E-state index contributed by atoms with van der Waals surface area (Å²) < 4.78 is 6.39. The number of Topliss-reactive ketones (excluding diaryl/α,β-unsaturated/α-hetero) is 2. The van der Waals surface area contributed by atoms with Crippen LogP contribution in [0.1, 0.15) is 145 Å². The van der Waals surface area contributed by atoms with E-state index >= 15 is 0 Å². The Hall–Kier alpha value is -1.68. The van der Waals surface area contributed by atoms with Gasteiger partial charge in [0.2, 0.25) is 0 Å². The van der Waals surface area contributed by atoms with Crippen molar-refractivity contribution in [2.24, 2.45) is 50.2 Å². The molecule has 5 aliphatic carbocycles. The molecule has 3 saturated carbocycles. The standard InChI is InChI=1S/C42H63NO3/c1-28(44)29-24-31-33(46-27-29)26-39(6)34(38(31,4)5)14-16-41(8)35(39)13-12-30-32-25-37(2,3)17-19-42(32,20-18-40(30,41)7)36(45)15-23-43-21-10-9-11-22-43/h12,27,32,34-35H,9-11,13-26H2,1-8H3/t32?,34?,35?,39-,40+,41?,42-/m0/s1. The quantitative estimate of drug-likeness (QED) is 0.284. The largest absolute Gasteiger partial charge is 0.469 e. The summed E-state index contributed by atoms with van der Waals surface area (Å²) in [6.45, 7) is 22.7. The minimum absolute atomic E-state index is 0.000587. The SMILES string of the molecule is CC(=O)C1=COC2=C(C1)C(C)(C)C1CCC3(C)C(CC=C4C5CC(C)(C)CC[C@]5(C(=O)CCN5CCCCC5)CC[C@]43C)[C@@]1(C)C2. The normalized spacial score (nSPS) is 43.0. The van der Waals surface area contributed by atoms with E-state index in [1.165, 1.54) is 57.2 Å². The molecule has 2 heterocycles. The second kappa shape index (κ2) is 10.9. The van der Waals surface area contributed by atoms with Crippen molar-refractivity contribution in [2.45, 2.75) is 145 Å². The molecule has 4 fully saturated rings. The predicted octanol–water partition coefficient (Wildman–Crippen LogP) is 9.99. The summed E-state index contributed by atoms with van der Waals surface area (Å²) in [6, 6.07) is 0. The summed E-state index contributed by atoms with van der Waals surface area (Å²) in [5.74, 6) is 3.40. The fraction of sp³-hybridized carbons (Fsp3) is 0.810. The van der Waals surface area contributed by atoms with Crippen molar-refractivity contribution < 1.29 is 14.3 Å². The molecule has 7 atom stereocenters. The van der Waals surface area contributed by atoms with Crippen LogP contribution in [0.3, 0.4) is 0 Å². The van der Waals surface area contributed by atoms with Crippen LogP contribution in [0.25, 0.3) is 0 Å². The van der Waals surface area contributed by atoms with Gasteiger partial charge in [-0.25, -0.2) is 0 Å². The Morgan fingerprint density at radius 2 is 1.63 bits per heavy atom. The van der Waals surface area contributed by atoms with E-state index in [2.05, 4.69) is 59.4 Å². The number of carbonyl (C=O) groups is 2. The molecule has 0 bridgehead atoms. The molecule has 46 heavy (non-hydrogen) atoms. The maximum absolute atomic E-state index is 14.6. The number of ketones is 2. The number of hydrogen-bond acceptors (Lipinski definition) is 4. The van der Waals surface area contributed by atoms with E-state index in [4.69, 9.17) is 4.74 Å². The van der Waals surface area contributed by atoms with Gasteiger partial charge in [0.05, 0.1) is 6.26 Å². The Balaban J connectivity index is 1.22. The molecule has 7 rings (SSSR count). The lowest BCUT2D eigenvalue weighted by molar-refractivity contribution is -0.173. The van der Waals surface area contributed by atoms with Gasteiger partial charge < -0.3 is 9.64 Å². The van der Waals surface area contributed by atoms with Crippen molar-refractivity contribution in [3.8, 4) is 0 Å². The van der Waals surface area contributed by atoms with Crippen molar-refractivity contribution >= 4 is 11.6 Å². The zero-order valence-electron chi connectivity index (χ0n) is 30.6. The summed E-state index contributed by atoms with van der Waals surface area (Å²) >= 11 is 0. The molecular weight excluding hydrogens is 566 g/mol.